The molecule has 0 aromatic heterocycles. The topological polar surface area (TPSA) is 57.7 Å². The van der Waals surface area contributed by atoms with E-state index < -0.39 is 14.6 Å². The van der Waals surface area contributed by atoms with Crippen molar-refractivity contribution < 1.29 is 13.2 Å². The Balaban J connectivity index is 2.20. The second kappa shape index (κ2) is 4.71. The van der Waals surface area contributed by atoms with Crippen LogP contribution in [0.3, 0.4) is 0 Å². The quantitative estimate of drug-likeness (QED) is 0.759. The van der Waals surface area contributed by atoms with Gasteiger partial charge in [0.2, 0.25) is 5.91 Å². The molecule has 7 heteroatoms. The summed E-state index contributed by atoms with van der Waals surface area (Å²) in [4.78, 5) is 12.4. The molecule has 0 N–H and O–H groups in total. The van der Waals surface area contributed by atoms with Gasteiger partial charge >= 0.3 is 0 Å². The predicted molar refractivity (Wildman–Crippen MR) is 83.7 cm³/mol. The van der Waals surface area contributed by atoms with Crippen LogP contribution < -0.4 is 5.01 Å². The van der Waals surface area contributed by atoms with Crippen LogP contribution >= 0.6 is 15.9 Å². The lowest BCUT2D eigenvalue weighted by molar-refractivity contribution is -0.128. The molecule has 21 heavy (non-hydrogen) atoms. The summed E-state index contributed by atoms with van der Waals surface area (Å²) in [6, 6.07) is 5.11. The van der Waals surface area contributed by atoms with E-state index in [0.717, 1.165) is 10.9 Å². The summed E-state index contributed by atoms with van der Waals surface area (Å²) in [5.74, 6) is 0.0519. The number of hydrogen-bond donors (Lipinski definition) is 0. The van der Waals surface area contributed by atoms with E-state index in [9.17, 15) is 13.2 Å². The molecule has 0 radical (unpaired) electrons. The molecule has 114 valence electrons. The summed E-state index contributed by atoms with van der Waals surface area (Å²) in [6.45, 7) is 4.34. The first-order valence-corrected chi connectivity index (χ1v) is 9.14. The third-order valence-electron chi connectivity index (χ3n) is 4.09. The SMILES string of the molecule is CC1(C)CN(N2CCCC2=O)c2cc(Br)ccc2S1(=O)=O. The standard InChI is InChI=1S/C14H17BrN2O3S/c1-14(2)9-17(16-7-3-4-13(16)18)11-8-10(15)5-6-12(11)21(14,19)20/h5-6,8H,3-4,7,9H2,1-2H3. The van der Waals surface area contributed by atoms with E-state index in [0.29, 0.717) is 23.5 Å². The van der Waals surface area contributed by atoms with Crippen molar-refractivity contribution in [3.05, 3.63) is 22.7 Å². The van der Waals surface area contributed by atoms with Crippen molar-refractivity contribution in [3.8, 4) is 0 Å². The molecule has 0 atom stereocenters. The minimum absolute atomic E-state index is 0.0519. The molecular weight excluding hydrogens is 356 g/mol. The van der Waals surface area contributed by atoms with Gasteiger partial charge in [0, 0.05) is 17.4 Å². The Morgan fingerprint density at radius 1 is 1.24 bits per heavy atom. The molecule has 0 saturated carbocycles. The average molecular weight is 373 g/mol. The number of halogens is 1. The normalized spacial score (nSPS) is 23.3. The fourth-order valence-corrected chi connectivity index (χ4v) is 4.78. The number of rotatable bonds is 1. The van der Waals surface area contributed by atoms with Crippen LogP contribution in [0.25, 0.3) is 0 Å². The van der Waals surface area contributed by atoms with E-state index in [1.165, 1.54) is 0 Å². The van der Waals surface area contributed by atoms with Crippen LogP contribution in [0.4, 0.5) is 5.69 Å². The van der Waals surface area contributed by atoms with Crippen LogP contribution in [0.15, 0.2) is 27.6 Å². The van der Waals surface area contributed by atoms with Gasteiger partial charge in [-0.25, -0.2) is 8.42 Å². The van der Waals surface area contributed by atoms with Gasteiger partial charge in [0.25, 0.3) is 0 Å². The van der Waals surface area contributed by atoms with E-state index >= 15 is 0 Å². The second-order valence-electron chi connectivity index (χ2n) is 6.05. The molecule has 2 heterocycles. The van der Waals surface area contributed by atoms with Crippen molar-refractivity contribution in [2.24, 2.45) is 0 Å². The molecule has 0 spiro atoms. The number of anilines is 1. The number of sulfone groups is 1. The van der Waals surface area contributed by atoms with Crippen molar-refractivity contribution in [1.82, 2.24) is 5.01 Å². The van der Waals surface area contributed by atoms with Crippen molar-refractivity contribution in [2.45, 2.75) is 36.3 Å². The van der Waals surface area contributed by atoms with Gasteiger partial charge in [-0.15, -0.1) is 0 Å². The summed E-state index contributed by atoms with van der Waals surface area (Å²) in [6.07, 6.45) is 1.33. The van der Waals surface area contributed by atoms with E-state index in [1.54, 1.807) is 37.1 Å². The third-order valence-corrected chi connectivity index (χ3v) is 7.09. The summed E-state index contributed by atoms with van der Waals surface area (Å²) >= 11 is 3.38. The van der Waals surface area contributed by atoms with E-state index in [2.05, 4.69) is 15.9 Å². The molecule has 2 aliphatic rings. The Labute approximate surface area is 132 Å². The van der Waals surface area contributed by atoms with Gasteiger partial charge in [-0.05, 0) is 38.5 Å². The highest BCUT2D eigenvalue weighted by Gasteiger charge is 2.46. The number of fused-ring (bicyclic) bond motifs is 1. The van der Waals surface area contributed by atoms with Gasteiger partial charge in [0.05, 0.1) is 21.9 Å². The van der Waals surface area contributed by atoms with Gasteiger partial charge in [0.15, 0.2) is 9.84 Å². The van der Waals surface area contributed by atoms with Crippen LogP contribution in [0.1, 0.15) is 26.7 Å². The van der Waals surface area contributed by atoms with E-state index in [-0.39, 0.29) is 12.5 Å². The zero-order chi connectivity index (χ0) is 15.4. The van der Waals surface area contributed by atoms with Crippen LogP contribution in [0.2, 0.25) is 0 Å². The number of amides is 1. The van der Waals surface area contributed by atoms with Gasteiger partial charge < -0.3 is 0 Å². The summed E-state index contributed by atoms with van der Waals surface area (Å²) in [7, 11) is -3.42. The largest absolute Gasteiger partial charge is 0.280 e. The second-order valence-corrected chi connectivity index (χ2v) is 9.52. The zero-order valence-electron chi connectivity index (χ0n) is 12.0. The number of carbonyl (C=O) groups excluding carboxylic acids is 1. The lowest BCUT2D eigenvalue weighted by atomic mass is 10.2. The fourth-order valence-electron chi connectivity index (χ4n) is 2.85. The predicted octanol–water partition coefficient (Wildman–Crippen LogP) is 2.36. The summed E-state index contributed by atoms with van der Waals surface area (Å²) < 4.78 is 25.3. The molecule has 0 unspecified atom stereocenters. The molecule has 2 aliphatic heterocycles. The first-order valence-electron chi connectivity index (χ1n) is 6.86. The Morgan fingerprint density at radius 3 is 2.57 bits per heavy atom. The van der Waals surface area contributed by atoms with Crippen molar-refractivity contribution in [1.29, 1.82) is 0 Å². The number of hydrogen-bond acceptors (Lipinski definition) is 4. The Kier molecular flexibility index (Phi) is 3.33. The summed E-state index contributed by atoms with van der Waals surface area (Å²) in [5.41, 5.74) is 0.582. The highest BCUT2D eigenvalue weighted by molar-refractivity contribution is 9.10. The lowest BCUT2D eigenvalue weighted by Crippen LogP contribution is -2.56. The Hall–Kier alpha value is -1.08. The van der Waals surface area contributed by atoms with E-state index in [1.807, 2.05) is 5.01 Å². The minimum atomic E-state index is -3.42. The molecule has 1 amide bonds. The first-order chi connectivity index (χ1) is 9.74. The summed E-state index contributed by atoms with van der Waals surface area (Å²) in [5, 5.41) is 3.51. The van der Waals surface area contributed by atoms with Crippen molar-refractivity contribution in [2.75, 3.05) is 18.1 Å². The molecule has 3 rings (SSSR count). The highest BCUT2D eigenvalue weighted by atomic mass is 79.9. The number of benzene rings is 1. The van der Waals surface area contributed by atoms with Crippen LogP contribution in [0, 0.1) is 0 Å². The molecule has 1 aromatic rings. The molecule has 0 bridgehead atoms. The molecule has 1 fully saturated rings. The van der Waals surface area contributed by atoms with Gasteiger partial charge in [-0.1, -0.05) is 15.9 Å². The van der Waals surface area contributed by atoms with Crippen molar-refractivity contribution in [3.63, 3.8) is 0 Å². The van der Waals surface area contributed by atoms with Gasteiger partial charge in [-0.3, -0.25) is 14.8 Å². The Bertz CT molecular complexity index is 715. The fraction of sp³-hybridized carbons (Fsp3) is 0.500. The smallest absolute Gasteiger partial charge is 0.241 e. The van der Waals surface area contributed by atoms with Crippen molar-refractivity contribution >= 4 is 37.4 Å². The minimum Gasteiger partial charge on any atom is -0.280 e. The first kappa shape index (κ1) is 14.8. The third kappa shape index (κ3) is 2.17. The maximum Gasteiger partial charge on any atom is 0.241 e. The van der Waals surface area contributed by atoms with Gasteiger partial charge in [-0.2, -0.15) is 0 Å². The number of hydrazine groups is 1. The molecular formula is C14H17BrN2O3S. The lowest BCUT2D eigenvalue weighted by Gasteiger charge is -2.44. The van der Waals surface area contributed by atoms with Crippen LogP contribution in [-0.2, 0) is 14.6 Å². The number of carbonyl (C=O) groups is 1. The monoisotopic (exact) mass is 372 g/mol. The molecule has 5 nitrogen and oxygen atoms in total. The van der Waals surface area contributed by atoms with Crippen LogP contribution in [-0.4, -0.2) is 37.2 Å². The number of nitrogens with zero attached hydrogens (tertiary/aromatic N) is 2. The van der Waals surface area contributed by atoms with Crippen LogP contribution in [0.5, 0.6) is 0 Å². The molecule has 0 aliphatic carbocycles. The average Bonchev–Trinajstić information content (AvgIpc) is 2.80. The highest BCUT2D eigenvalue weighted by Crippen LogP contribution is 2.41. The Morgan fingerprint density at radius 2 is 1.95 bits per heavy atom. The maximum absolute atomic E-state index is 12.7. The maximum atomic E-state index is 12.7. The van der Waals surface area contributed by atoms with Gasteiger partial charge in [0.1, 0.15) is 0 Å². The zero-order valence-corrected chi connectivity index (χ0v) is 14.4. The van der Waals surface area contributed by atoms with E-state index in [4.69, 9.17) is 0 Å². The molecule has 1 saturated heterocycles. The molecule has 1 aromatic carbocycles.